The van der Waals surface area contributed by atoms with E-state index in [1.54, 1.807) is 12.3 Å². The molecule has 3 aromatic heterocycles. The number of carbonyl (C=O) groups is 1. The number of nitrogens with zero attached hydrogens (tertiary/aromatic N) is 3. The minimum absolute atomic E-state index is 0.0556. The molecule has 7 nitrogen and oxygen atoms in total. The van der Waals surface area contributed by atoms with Gasteiger partial charge in [0.15, 0.2) is 0 Å². The van der Waals surface area contributed by atoms with Crippen molar-refractivity contribution in [2.24, 2.45) is 0 Å². The molecule has 0 saturated heterocycles. The Kier molecular flexibility index (Phi) is 4.86. The minimum atomic E-state index is -0.147. The van der Waals surface area contributed by atoms with Crippen molar-refractivity contribution in [1.29, 1.82) is 0 Å². The number of anilines is 1. The van der Waals surface area contributed by atoms with E-state index in [9.17, 15) is 4.79 Å². The molecule has 1 amide bonds. The first-order valence-corrected chi connectivity index (χ1v) is 8.52. The molecular weight excluding hydrogens is 328 g/mol. The highest BCUT2D eigenvalue weighted by Crippen LogP contribution is 2.22. The molecule has 0 fully saturated rings. The third-order valence-electron chi connectivity index (χ3n) is 3.47. The number of rotatable bonds is 6. The lowest BCUT2D eigenvalue weighted by atomic mass is 10.2. The van der Waals surface area contributed by atoms with Crippen LogP contribution in [0, 0.1) is 6.92 Å². The smallest absolute Gasteiger partial charge is 0.258 e. The van der Waals surface area contributed by atoms with E-state index in [4.69, 9.17) is 9.26 Å². The summed E-state index contributed by atoms with van der Waals surface area (Å²) in [6, 6.07) is 1.80. The average Bonchev–Trinajstić information content (AvgIpc) is 3.15. The van der Waals surface area contributed by atoms with Gasteiger partial charge < -0.3 is 14.6 Å². The average molecular weight is 346 g/mol. The summed E-state index contributed by atoms with van der Waals surface area (Å²) in [6.45, 7) is 6.36. The highest BCUT2D eigenvalue weighted by Gasteiger charge is 2.13. The molecule has 8 heteroatoms. The molecule has 0 aliphatic rings. The number of hydrogen-bond acceptors (Lipinski definition) is 7. The van der Waals surface area contributed by atoms with Crippen molar-refractivity contribution in [3.05, 3.63) is 34.0 Å². The largest absolute Gasteiger partial charge is 0.372 e. The molecule has 3 rings (SSSR count). The molecule has 1 atom stereocenters. The summed E-state index contributed by atoms with van der Waals surface area (Å²) in [5, 5.41) is 10.2. The Morgan fingerprint density at radius 2 is 2.33 bits per heavy atom. The van der Waals surface area contributed by atoms with Crippen LogP contribution in [0.3, 0.4) is 0 Å². The van der Waals surface area contributed by atoms with Gasteiger partial charge in [-0.05, 0) is 26.8 Å². The van der Waals surface area contributed by atoms with Gasteiger partial charge in [0.05, 0.1) is 35.1 Å². The SMILES string of the molecule is CCO[C@H](C)c1nc(CC(=O)Nc2cnc3onc(C)c3c2)cs1. The van der Waals surface area contributed by atoms with Gasteiger partial charge in [0.25, 0.3) is 5.71 Å². The van der Waals surface area contributed by atoms with Crippen LogP contribution in [0.1, 0.15) is 36.3 Å². The van der Waals surface area contributed by atoms with Crippen LogP contribution >= 0.6 is 11.3 Å². The zero-order valence-corrected chi connectivity index (χ0v) is 14.5. The number of thiazole rings is 1. The number of hydrogen-bond donors (Lipinski definition) is 1. The summed E-state index contributed by atoms with van der Waals surface area (Å²) in [7, 11) is 0. The van der Waals surface area contributed by atoms with Gasteiger partial charge in [-0.25, -0.2) is 9.97 Å². The molecule has 0 saturated carbocycles. The van der Waals surface area contributed by atoms with Crippen molar-refractivity contribution < 1.29 is 14.1 Å². The number of aromatic nitrogens is 3. The summed E-state index contributed by atoms with van der Waals surface area (Å²) < 4.78 is 10.6. The number of ether oxygens (including phenoxy) is 1. The summed E-state index contributed by atoms with van der Waals surface area (Å²) in [5.41, 5.74) is 2.54. The molecule has 0 spiro atoms. The molecular formula is C16H18N4O3S. The van der Waals surface area contributed by atoms with Crippen molar-refractivity contribution >= 4 is 34.0 Å². The second-order valence-corrected chi connectivity index (χ2v) is 6.23. The van der Waals surface area contributed by atoms with Crippen molar-refractivity contribution in [3.63, 3.8) is 0 Å². The number of amides is 1. The zero-order valence-electron chi connectivity index (χ0n) is 13.7. The fourth-order valence-electron chi connectivity index (χ4n) is 2.29. The Bertz CT molecular complexity index is 858. The second-order valence-electron chi connectivity index (χ2n) is 5.34. The van der Waals surface area contributed by atoms with Gasteiger partial charge in [0, 0.05) is 12.0 Å². The number of nitrogens with one attached hydrogen (secondary N) is 1. The predicted molar refractivity (Wildman–Crippen MR) is 91.0 cm³/mol. The maximum atomic E-state index is 12.2. The maximum absolute atomic E-state index is 12.2. The highest BCUT2D eigenvalue weighted by atomic mass is 32.1. The lowest BCUT2D eigenvalue weighted by Crippen LogP contribution is -2.15. The lowest BCUT2D eigenvalue weighted by Gasteiger charge is -2.07. The summed E-state index contributed by atoms with van der Waals surface area (Å²) in [6.07, 6.45) is 1.70. The first kappa shape index (κ1) is 16.5. The fraction of sp³-hybridized carbons (Fsp3) is 0.375. The Morgan fingerprint density at radius 3 is 3.12 bits per heavy atom. The minimum Gasteiger partial charge on any atom is -0.372 e. The summed E-state index contributed by atoms with van der Waals surface area (Å²) >= 11 is 1.50. The van der Waals surface area contributed by atoms with Gasteiger partial charge in [-0.3, -0.25) is 4.79 Å². The molecule has 0 aromatic carbocycles. The molecule has 1 N–H and O–H groups in total. The van der Waals surface area contributed by atoms with Gasteiger partial charge in [0.1, 0.15) is 11.1 Å². The van der Waals surface area contributed by atoms with Crippen LogP contribution in [0.2, 0.25) is 0 Å². The second kappa shape index (κ2) is 7.06. The fourth-order valence-corrected chi connectivity index (χ4v) is 3.12. The Morgan fingerprint density at radius 1 is 1.50 bits per heavy atom. The third-order valence-corrected chi connectivity index (χ3v) is 4.52. The molecule has 0 aliphatic carbocycles. The first-order chi connectivity index (χ1) is 11.6. The van der Waals surface area contributed by atoms with Crippen LogP contribution in [-0.2, 0) is 16.0 Å². The molecule has 0 aliphatic heterocycles. The van der Waals surface area contributed by atoms with Crippen LogP contribution in [0.4, 0.5) is 5.69 Å². The summed E-state index contributed by atoms with van der Waals surface area (Å²) in [5.74, 6) is -0.147. The monoisotopic (exact) mass is 346 g/mol. The van der Waals surface area contributed by atoms with Gasteiger partial charge in [-0.1, -0.05) is 5.16 Å². The van der Waals surface area contributed by atoms with Crippen molar-refractivity contribution in [1.82, 2.24) is 15.1 Å². The van der Waals surface area contributed by atoms with Crippen molar-refractivity contribution in [2.45, 2.75) is 33.3 Å². The number of carbonyl (C=O) groups excluding carboxylic acids is 1. The molecule has 126 valence electrons. The van der Waals surface area contributed by atoms with Gasteiger partial charge in [-0.2, -0.15) is 0 Å². The number of aryl methyl sites for hydroxylation is 1. The summed E-state index contributed by atoms with van der Waals surface area (Å²) in [4.78, 5) is 20.8. The van der Waals surface area contributed by atoms with Gasteiger partial charge >= 0.3 is 0 Å². The van der Waals surface area contributed by atoms with E-state index in [1.165, 1.54) is 11.3 Å². The third kappa shape index (κ3) is 3.60. The van der Waals surface area contributed by atoms with Crippen LogP contribution in [-0.4, -0.2) is 27.6 Å². The van der Waals surface area contributed by atoms with E-state index in [0.29, 0.717) is 18.0 Å². The maximum Gasteiger partial charge on any atom is 0.258 e. The van der Waals surface area contributed by atoms with Gasteiger partial charge in [-0.15, -0.1) is 11.3 Å². The van der Waals surface area contributed by atoms with E-state index in [0.717, 1.165) is 21.8 Å². The van der Waals surface area contributed by atoms with Gasteiger partial charge in [0.2, 0.25) is 5.91 Å². The number of fused-ring (bicyclic) bond motifs is 1. The molecule has 3 heterocycles. The quantitative estimate of drug-likeness (QED) is 0.737. The molecule has 24 heavy (non-hydrogen) atoms. The van der Waals surface area contributed by atoms with E-state index >= 15 is 0 Å². The Balaban J connectivity index is 1.65. The molecule has 3 aromatic rings. The zero-order chi connectivity index (χ0) is 17.1. The Hall–Kier alpha value is -2.32. The molecule has 0 radical (unpaired) electrons. The van der Waals surface area contributed by atoms with Crippen LogP contribution in [0.25, 0.3) is 11.1 Å². The van der Waals surface area contributed by atoms with E-state index < -0.39 is 0 Å². The van der Waals surface area contributed by atoms with Crippen molar-refractivity contribution in [3.8, 4) is 0 Å². The van der Waals surface area contributed by atoms with E-state index in [1.807, 2.05) is 26.2 Å². The highest BCUT2D eigenvalue weighted by molar-refractivity contribution is 7.09. The van der Waals surface area contributed by atoms with Crippen LogP contribution in [0.5, 0.6) is 0 Å². The van der Waals surface area contributed by atoms with E-state index in [-0.39, 0.29) is 18.4 Å². The normalized spacial score (nSPS) is 12.5. The predicted octanol–water partition coefficient (Wildman–Crippen LogP) is 3.27. The number of pyridine rings is 1. The van der Waals surface area contributed by atoms with Crippen LogP contribution in [0.15, 0.2) is 22.2 Å². The Labute approximate surface area is 143 Å². The van der Waals surface area contributed by atoms with Crippen molar-refractivity contribution in [2.75, 3.05) is 11.9 Å². The van der Waals surface area contributed by atoms with E-state index in [2.05, 4.69) is 20.4 Å². The molecule has 0 unspecified atom stereocenters. The van der Waals surface area contributed by atoms with Crippen LogP contribution < -0.4 is 5.32 Å². The topological polar surface area (TPSA) is 90.1 Å². The first-order valence-electron chi connectivity index (χ1n) is 7.64. The standard InChI is InChI=1S/C16H18N4O3S/c1-4-22-10(3)16-19-12(8-24-16)6-14(21)18-11-5-13-9(2)20-23-15(13)17-7-11/h5,7-8,10H,4,6H2,1-3H3,(H,18,21)/t10-/m1/s1. The molecule has 0 bridgehead atoms. The lowest BCUT2D eigenvalue weighted by molar-refractivity contribution is -0.115.